The van der Waals surface area contributed by atoms with Gasteiger partial charge in [0.2, 0.25) is 5.88 Å². The number of nitrogens with zero attached hydrogens (tertiary/aromatic N) is 2. The summed E-state index contributed by atoms with van der Waals surface area (Å²) in [5, 5.41) is 0.411. The van der Waals surface area contributed by atoms with Crippen LogP contribution in [0.5, 0.6) is 17.4 Å². The molecule has 0 amide bonds. The molecule has 0 aliphatic heterocycles. The maximum absolute atomic E-state index is 6.14. The Labute approximate surface area is 123 Å². The van der Waals surface area contributed by atoms with Gasteiger partial charge in [-0.15, -0.1) is 0 Å². The monoisotopic (exact) mass is 292 g/mol. The molecule has 0 aliphatic carbocycles. The van der Waals surface area contributed by atoms with Crippen molar-refractivity contribution in [2.75, 3.05) is 7.11 Å². The highest BCUT2D eigenvalue weighted by Gasteiger charge is 2.15. The number of methoxy groups -OCH3 is 1. The number of rotatable bonds is 4. The van der Waals surface area contributed by atoms with Crippen LogP contribution in [0.15, 0.2) is 24.3 Å². The molecule has 20 heavy (non-hydrogen) atoms. The van der Waals surface area contributed by atoms with Crippen LogP contribution in [0.4, 0.5) is 0 Å². The zero-order valence-electron chi connectivity index (χ0n) is 12.0. The normalized spacial score (nSPS) is 10.7. The van der Waals surface area contributed by atoms with E-state index in [0.29, 0.717) is 33.9 Å². The third kappa shape index (κ3) is 3.02. The fourth-order valence-electron chi connectivity index (χ4n) is 1.65. The largest absolute Gasteiger partial charge is 0.493 e. The second kappa shape index (κ2) is 6.09. The summed E-state index contributed by atoms with van der Waals surface area (Å²) in [6.45, 7) is 5.85. The highest BCUT2D eigenvalue weighted by atomic mass is 35.5. The van der Waals surface area contributed by atoms with Crippen molar-refractivity contribution >= 4 is 11.6 Å². The van der Waals surface area contributed by atoms with Gasteiger partial charge < -0.3 is 9.47 Å². The van der Waals surface area contributed by atoms with E-state index in [9.17, 15) is 0 Å². The first-order valence-corrected chi connectivity index (χ1v) is 6.75. The minimum absolute atomic E-state index is 0.174. The van der Waals surface area contributed by atoms with Gasteiger partial charge in [0, 0.05) is 11.5 Å². The Balaban J connectivity index is 2.42. The second-order valence-corrected chi connectivity index (χ2v) is 5.07. The standard InChI is InChI=1S/C15H17ClN2O2/c1-9(2)14-17-13(16)10(3)15(18-14)20-12-8-6-5-7-11(12)19-4/h5-9H,1-4H3. The molecule has 1 aromatic carbocycles. The van der Waals surface area contributed by atoms with E-state index in [0.717, 1.165) is 0 Å². The van der Waals surface area contributed by atoms with Gasteiger partial charge in [-0.1, -0.05) is 37.6 Å². The van der Waals surface area contributed by atoms with Crippen LogP contribution in [0.2, 0.25) is 5.15 Å². The van der Waals surface area contributed by atoms with E-state index in [1.807, 2.05) is 45.0 Å². The molecule has 2 rings (SSSR count). The second-order valence-electron chi connectivity index (χ2n) is 4.71. The van der Waals surface area contributed by atoms with Gasteiger partial charge in [-0.2, -0.15) is 4.98 Å². The lowest BCUT2D eigenvalue weighted by Gasteiger charge is -2.13. The van der Waals surface area contributed by atoms with Crippen molar-refractivity contribution in [1.29, 1.82) is 0 Å². The van der Waals surface area contributed by atoms with Crippen LogP contribution >= 0.6 is 11.6 Å². The Kier molecular flexibility index (Phi) is 4.45. The highest BCUT2D eigenvalue weighted by Crippen LogP contribution is 2.33. The van der Waals surface area contributed by atoms with Crippen molar-refractivity contribution in [3.05, 3.63) is 40.8 Å². The molecular formula is C15H17ClN2O2. The number of hydrogen-bond donors (Lipinski definition) is 0. The molecule has 1 heterocycles. The third-order valence-corrected chi connectivity index (χ3v) is 3.22. The maximum atomic E-state index is 6.14. The average molecular weight is 293 g/mol. The zero-order valence-corrected chi connectivity index (χ0v) is 12.7. The van der Waals surface area contributed by atoms with E-state index in [1.165, 1.54) is 0 Å². The lowest BCUT2D eigenvalue weighted by molar-refractivity contribution is 0.372. The summed E-state index contributed by atoms with van der Waals surface area (Å²) in [4.78, 5) is 8.69. The Hall–Kier alpha value is -1.81. The quantitative estimate of drug-likeness (QED) is 0.785. The van der Waals surface area contributed by atoms with E-state index in [2.05, 4.69) is 9.97 Å². The summed E-state index contributed by atoms with van der Waals surface area (Å²) < 4.78 is 11.1. The fraction of sp³-hybridized carbons (Fsp3) is 0.333. The van der Waals surface area contributed by atoms with Gasteiger partial charge in [-0.25, -0.2) is 4.98 Å². The van der Waals surface area contributed by atoms with Crippen molar-refractivity contribution in [2.45, 2.75) is 26.7 Å². The Morgan fingerprint density at radius 2 is 1.75 bits per heavy atom. The molecule has 1 aromatic heterocycles. The summed E-state index contributed by atoms with van der Waals surface area (Å²) in [7, 11) is 1.60. The molecule has 0 radical (unpaired) electrons. The van der Waals surface area contributed by atoms with Crippen LogP contribution in [0.1, 0.15) is 31.2 Å². The molecule has 0 aliphatic rings. The van der Waals surface area contributed by atoms with E-state index >= 15 is 0 Å². The van der Waals surface area contributed by atoms with Gasteiger partial charge in [0.05, 0.1) is 7.11 Å². The number of benzene rings is 1. The topological polar surface area (TPSA) is 44.2 Å². The molecule has 0 bridgehead atoms. The number of hydrogen-bond acceptors (Lipinski definition) is 4. The molecule has 106 valence electrons. The van der Waals surface area contributed by atoms with E-state index in [4.69, 9.17) is 21.1 Å². The van der Waals surface area contributed by atoms with E-state index in [1.54, 1.807) is 7.11 Å². The summed E-state index contributed by atoms with van der Waals surface area (Å²) in [5.74, 6) is 2.53. The Bertz CT molecular complexity index is 615. The summed E-state index contributed by atoms with van der Waals surface area (Å²) in [5.41, 5.74) is 0.710. The SMILES string of the molecule is COc1ccccc1Oc1nc(C(C)C)nc(Cl)c1C. The molecule has 0 N–H and O–H groups in total. The van der Waals surface area contributed by atoms with Crippen molar-refractivity contribution in [3.63, 3.8) is 0 Å². The first kappa shape index (κ1) is 14.6. The van der Waals surface area contributed by atoms with Crippen LogP contribution < -0.4 is 9.47 Å². The molecule has 0 unspecified atom stereocenters. The van der Waals surface area contributed by atoms with Crippen molar-refractivity contribution in [2.24, 2.45) is 0 Å². The maximum Gasteiger partial charge on any atom is 0.227 e. The first-order chi connectivity index (χ1) is 9.52. The molecule has 0 spiro atoms. The Morgan fingerprint density at radius 1 is 1.10 bits per heavy atom. The molecule has 4 nitrogen and oxygen atoms in total. The van der Waals surface area contributed by atoms with Gasteiger partial charge in [-0.3, -0.25) is 0 Å². The minimum atomic E-state index is 0.174. The average Bonchev–Trinajstić information content (AvgIpc) is 2.44. The summed E-state index contributed by atoms with van der Waals surface area (Å²) >= 11 is 6.14. The van der Waals surface area contributed by atoms with Crippen LogP contribution in [-0.2, 0) is 0 Å². The van der Waals surface area contributed by atoms with Gasteiger partial charge in [0.15, 0.2) is 11.5 Å². The lowest BCUT2D eigenvalue weighted by Crippen LogP contribution is -2.03. The van der Waals surface area contributed by atoms with E-state index in [-0.39, 0.29) is 5.92 Å². The van der Waals surface area contributed by atoms with Crippen molar-refractivity contribution in [1.82, 2.24) is 9.97 Å². The van der Waals surface area contributed by atoms with Crippen molar-refractivity contribution < 1.29 is 9.47 Å². The predicted molar refractivity (Wildman–Crippen MR) is 78.9 cm³/mol. The fourth-order valence-corrected chi connectivity index (χ4v) is 1.82. The van der Waals surface area contributed by atoms with Crippen LogP contribution in [0.25, 0.3) is 0 Å². The summed E-state index contributed by atoms with van der Waals surface area (Å²) in [6, 6.07) is 7.41. The number of aromatic nitrogens is 2. The minimum Gasteiger partial charge on any atom is -0.493 e. The van der Waals surface area contributed by atoms with Crippen molar-refractivity contribution in [3.8, 4) is 17.4 Å². The van der Waals surface area contributed by atoms with Gasteiger partial charge in [0.1, 0.15) is 11.0 Å². The number of halogens is 1. The smallest absolute Gasteiger partial charge is 0.227 e. The molecule has 5 heteroatoms. The van der Waals surface area contributed by atoms with Gasteiger partial charge >= 0.3 is 0 Å². The zero-order chi connectivity index (χ0) is 14.7. The number of ether oxygens (including phenoxy) is 2. The molecule has 0 saturated heterocycles. The molecule has 0 fully saturated rings. The first-order valence-electron chi connectivity index (χ1n) is 6.37. The summed E-state index contributed by atoms with van der Waals surface area (Å²) in [6.07, 6.45) is 0. The van der Waals surface area contributed by atoms with Crippen LogP contribution in [-0.4, -0.2) is 17.1 Å². The predicted octanol–water partition coefficient (Wildman–Crippen LogP) is 4.36. The molecule has 2 aromatic rings. The third-order valence-electron chi connectivity index (χ3n) is 2.85. The number of para-hydroxylation sites is 2. The molecule has 0 atom stereocenters. The van der Waals surface area contributed by atoms with Gasteiger partial charge in [0.25, 0.3) is 0 Å². The molecule has 0 saturated carbocycles. The van der Waals surface area contributed by atoms with Crippen LogP contribution in [0, 0.1) is 6.92 Å². The van der Waals surface area contributed by atoms with E-state index < -0.39 is 0 Å². The van der Waals surface area contributed by atoms with Crippen LogP contribution in [0.3, 0.4) is 0 Å². The Morgan fingerprint density at radius 3 is 2.35 bits per heavy atom. The van der Waals surface area contributed by atoms with Gasteiger partial charge in [-0.05, 0) is 19.1 Å². The molecular weight excluding hydrogens is 276 g/mol. The highest BCUT2D eigenvalue weighted by molar-refractivity contribution is 6.30. The lowest BCUT2D eigenvalue weighted by atomic mass is 10.2.